The van der Waals surface area contributed by atoms with E-state index >= 15 is 0 Å². The van der Waals surface area contributed by atoms with Crippen molar-refractivity contribution >= 4 is 21.6 Å². The lowest BCUT2D eigenvalue weighted by atomic mass is 9.97. The molecule has 6 nitrogen and oxygen atoms in total. The van der Waals surface area contributed by atoms with Crippen molar-refractivity contribution in [3.63, 3.8) is 0 Å². The summed E-state index contributed by atoms with van der Waals surface area (Å²) in [5.74, 6) is 0.855. The van der Waals surface area contributed by atoms with Gasteiger partial charge in [-0.1, -0.05) is 6.07 Å². The molecule has 1 aliphatic rings. The first kappa shape index (κ1) is 20.7. The summed E-state index contributed by atoms with van der Waals surface area (Å²) in [6.45, 7) is -1.94. The van der Waals surface area contributed by atoms with Crippen molar-refractivity contribution < 1.29 is 18.3 Å². The number of alkyl halides is 2. The molecule has 0 radical (unpaired) electrons. The summed E-state index contributed by atoms with van der Waals surface area (Å²) in [5.41, 5.74) is 1.97. The summed E-state index contributed by atoms with van der Waals surface area (Å²) in [5, 5.41) is 0.750. The van der Waals surface area contributed by atoms with Crippen LogP contribution in [0.2, 0.25) is 0 Å². The molecule has 0 atom stereocenters. The van der Waals surface area contributed by atoms with Crippen molar-refractivity contribution in [2.45, 2.75) is 45.4 Å². The maximum atomic E-state index is 12.7. The van der Waals surface area contributed by atoms with Crippen LogP contribution in [0.3, 0.4) is 0 Å². The van der Waals surface area contributed by atoms with Crippen LogP contribution in [-0.2, 0) is 25.9 Å². The van der Waals surface area contributed by atoms with E-state index in [1.165, 1.54) is 23.6 Å². The van der Waals surface area contributed by atoms with Crippen molar-refractivity contribution in [3.8, 4) is 11.5 Å². The number of hydrogen-bond donors (Lipinski definition) is 1. The minimum Gasteiger partial charge on any atom is -0.493 e. The number of aromatic nitrogens is 2. The molecule has 2 aromatic heterocycles. The number of thiophene rings is 1. The van der Waals surface area contributed by atoms with Gasteiger partial charge in [-0.3, -0.25) is 9.69 Å². The minimum atomic E-state index is -2.91. The molecule has 30 heavy (non-hydrogen) atoms. The Balaban J connectivity index is 1.51. The topological polar surface area (TPSA) is 67.5 Å². The average molecular weight is 435 g/mol. The van der Waals surface area contributed by atoms with E-state index in [0.717, 1.165) is 41.5 Å². The van der Waals surface area contributed by atoms with Crippen LogP contribution in [0.15, 0.2) is 23.0 Å². The highest BCUT2D eigenvalue weighted by atomic mass is 32.1. The Kier molecular flexibility index (Phi) is 6.01. The summed E-state index contributed by atoms with van der Waals surface area (Å²) in [6, 6.07) is 4.85. The maximum Gasteiger partial charge on any atom is 0.387 e. The third-order valence-electron chi connectivity index (χ3n) is 5.19. The zero-order valence-corrected chi connectivity index (χ0v) is 17.7. The molecule has 2 heterocycles. The van der Waals surface area contributed by atoms with E-state index in [4.69, 9.17) is 9.72 Å². The molecule has 1 aromatic carbocycles. The normalized spacial score (nSPS) is 13.8. The van der Waals surface area contributed by atoms with Gasteiger partial charge in [-0.05, 0) is 56.0 Å². The zero-order valence-electron chi connectivity index (χ0n) is 16.8. The van der Waals surface area contributed by atoms with Gasteiger partial charge < -0.3 is 14.5 Å². The molecule has 0 saturated carbocycles. The highest BCUT2D eigenvalue weighted by Crippen LogP contribution is 2.33. The van der Waals surface area contributed by atoms with E-state index in [2.05, 4.69) is 9.72 Å². The van der Waals surface area contributed by atoms with Crippen LogP contribution in [0.1, 0.15) is 34.7 Å². The van der Waals surface area contributed by atoms with Gasteiger partial charge in [-0.2, -0.15) is 8.78 Å². The number of hydrogen-bond acceptors (Lipinski definition) is 6. The second-order valence-electron chi connectivity index (χ2n) is 7.44. The van der Waals surface area contributed by atoms with Gasteiger partial charge >= 0.3 is 6.61 Å². The van der Waals surface area contributed by atoms with Crippen LogP contribution >= 0.6 is 11.3 Å². The van der Waals surface area contributed by atoms with Gasteiger partial charge in [0.25, 0.3) is 5.56 Å². The number of ether oxygens (including phenoxy) is 2. The third-order valence-corrected chi connectivity index (χ3v) is 6.38. The minimum absolute atomic E-state index is 0.00277. The van der Waals surface area contributed by atoms with Crippen LogP contribution in [0, 0.1) is 0 Å². The van der Waals surface area contributed by atoms with E-state index in [-0.39, 0.29) is 17.1 Å². The van der Waals surface area contributed by atoms with Crippen molar-refractivity contribution in [1.29, 1.82) is 0 Å². The molecule has 0 unspecified atom stereocenters. The second-order valence-corrected chi connectivity index (χ2v) is 8.52. The molecule has 3 aromatic rings. The number of aryl methyl sites for hydroxylation is 2. The van der Waals surface area contributed by atoms with E-state index in [9.17, 15) is 13.6 Å². The number of methoxy groups -OCH3 is 1. The smallest absolute Gasteiger partial charge is 0.387 e. The summed E-state index contributed by atoms with van der Waals surface area (Å²) >= 11 is 1.63. The number of nitrogens with one attached hydrogen (secondary N) is 1. The molecule has 0 amide bonds. The lowest BCUT2D eigenvalue weighted by Gasteiger charge is -2.17. The third kappa shape index (κ3) is 4.32. The molecule has 9 heteroatoms. The molecule has 1 N–H and O–H groups in total. The van der Waals surface area contributed by atoms with E-state index in [1.807, 2.05) is 11.9 Å². The van der Waals surface area contributed by atoms with Gasteiger partial charge in [0.2, 0.25) is 0 Å². The van der Waals surface area contributed by atoms with Crippen molar-refractivity contribution in [3.05, 3.63) is 50.4 Å². The molecule has 0 saturated heterocycles. The van der Waals surface area contributed by atoms with Crippen molar-refractivity contribution in [2.75, 3.05) is 14.2 Å². The Bertz CT molecular complexity index is 1110. The Morgan fingerprint density at radius 3 is 2.80 bits per heavy atom. The van der Waals surface area contributed by atoms with Gasteiger partial charge in [-0.15, -0.1) is 11.3 Å². The lowest BCUT2D eigenvalue weighted by Crippen LogP contribution is -2.22. The fraction of sp³-hybridized carbons (Fsp3) is 0.429. The highest BCUT2D eigenvalue weighted by Gasteiger charge is 2.20. The quantitative estimate of drug-likeness (QED) is 0.605. The summed E-state index contributed by atoms with van der Waals surface area (Å²) in [6.07, 6.45) is 4.26. The maximum absolute atomic E-state index is 12.7. The number of rotatable bonds is 7. The Morgan fingerprint density at radius 2 is 2.03 bits per heavy atom. The van der Waals surface area contributed by atoms with Gasteiger partial charge in [0.1, 0.15) is 10.7 Å². The van der Waals surface area contributed by atoms with Crippen LogP contribution in [-0.4, -0.2) is 35.6 Å². The Labute approximate surface area is 176 Å². The van der Waals surface area contributed by atoms with Gasteiger partial charge in [0, 0.05) is 11.4 Å². The number of benzene rings is 1. The highest BCUT2D eigenvalue weighted by molar-refractivity contribution is 7.18. The zero-order chi connectivity index (χ0) is 21.3. The number of halogens is 2. The van der Waals surface area contributed by atoms with Gasteiger partial charge in [0.15, 0.2) is 11.5 Å². The average Bonchev–Trinajstić information content (AvgIpc) is 3.07. The number of fused-ring (bicyclic) bond motifs is 3. The predicted molar refractivity (Wildman–Crippen MR) is 112 cm³/mol. The van der Waals surface area contributed by atoms with Crippen LogP contribution < -0.4 is 15.0 Å². The molecule has 0 spiro atoms. The monoisotopic (exact) mass is 435 g/mol. The first-order valence-electron chi connectivity index (χ1n) is 9.78. The van der Waals surface area contributed by atoms with Gasteiger partial charge in [-0.25, -0.2) is 4.98 Å². The fourth-order valence-corrected chi connectivity index (χ4v) is 5.19. The number of aromatic amines is 1. The first-order chi connectivity index (χ1) is 14.4. The second kappa shape index (κ2) is 8.69. The summed E-state index contributed by atoms with van der Waals surface area (Å²) in [7, 11) is 3.31. The molecule has 0 aliphatic heterocycles. The number of nitrogens with zero attached hydrogens (tertiary/aromatic N) is 2. The molecular weight excluding hydrogens is 412 g/mol. The van der Waals surface area contributed by atoms with Crippen LogP contribution in [0.5, 0.6) is 11.5 Å². The van der Waals surface area contributed by atoms with Crippen LogP contribution in [0.25, 0.3) is 10.2 Å². The fourth-order valence-electron chi connectivity index (χ4n) is 3.91. The van der Waals surface area contributed by atoms with Crippen molar-refractivity contribution in [1.82, 2.24) is 14.9 Å². The summed E-state index contributed by atoms with van der Waals surface area (Å²) in [4.78, 5) is 24.4. The molecule has 0 fully saturated rings. The lowest BCUT2D eigenvalue weighted by molar-refractivity contribution is -0.0512. The van der Waals surface area contributed by atoms with Gasteiger partial charge in [0.05, 0.1) is 19.0 Å². The Morgan fingerprint density at radius 1 is 1.23 bits per heavy atom. The SMILES string of the molecule is COc1cc(CN(C)Cc2nc3sc4c(c3c(=O)[nH]2)CCCC4)ccc1OC(F)F. The van der Waals surface area contributed by atoms with Crippen LogP contribution in [0.4, 0.5) is 8.78 Å². The van der Waals surface area contributed by atoms with Crippen molar-refractivity contribution in [2.24, 2.45) is 0 Å². The van der Waals surface area contributed by atoms with E-state index in [0.29, 0.717) is 18.9 Å². The molecular formula is C21H23F2N3O3S. The van der Waals surface area contributed by atoms with E-state index in [1.54, 1.807) is 23.5 Å². The molecule has 0 bridgehead atoms. The largest absolute Gasteiger partial charge is 0.493 e. The standard InChI is InChI=1S/C21H23F2N3O3S/c1-26(10-12-7-8-14(29-21(22)23)15(9-12)28-2)11-17-24-19(27)18-13-5-3-4-6-16(13)30-20(18)25-17/h7-9,21H,3-6,10-11H2,1-2H3,(H,24,25,27). The Hall–Kier alpha value is -2.52. The number of H-pyrrole nitrogens is 1. The molecule has 4 rings (SSSR count). The predicted octanol–water partition coefficient (Wildman–Crippen LogP) is 4.11. The van der Waals surface area contributed by atoms with E-state index < -0.39 is 6.61 Å². The molecule has 1 aliphatic carbocycles. The summed E-state index contributed by atoms with van der Waals surface area (Å²) < 4.78 is 34.6. The molecule has 160 valence electrons. The first-order valence-corrected chi connectivity index (χ1v) is 10.6.